The first kappa shape index (κ1) is 18.0. The second-order valence-corrected chi connectivity index (χ2v) is 7.35. The fraction of sp³-hybridized carbons (Fsp3) is 0.333. The molecule has 0 radical (unpaired) electrons. The van der Waals surface area contributed by atoms with Crippen LogP contribution in [0, 0.1) is 0 Å². The summed E-state index contributed by atoms with van der Waals surface area (Å²) in [5, 5.41) is 3.06. The largest absolute Gasteiger partial charge is 0.353 e. The summed E-state index contributed by atoms with van der Waals surface area (Å²) in [5.41, 5.74) is 2.30. The Morgan fingerprint density at radius 1 is 1.26 bits per heavy atom. The van der Waals surface area contributed by atoms with Crippen molar-refractivity contribution in [3.8, 4) is 0 Å². The van der Waals surface area contributed by atoms with Crippen LogP contribution in [0.3, 0.4) is 0 Å². The van der Waals surface area contributed by atoms with Crippen LogP contribution in [0.15, 0.2) is 53.1 Å². The van der Waals surface area contributed by atoms with Gasteiger partial charge in [0.05, 0.1) is 11.4 Å². The highest BCUT2D eigenvalue weighted by atomic mass is 79.9. The van der Waals surface area contributed by atoms with Crippen LogP contribution < -0.4 is 5.32 Å². The van der Waals surface area contributed by atoms with Crippen LogP contribution in [0.1, 0.15) is 24.6 Å². The van der Waals surface area contributed by atoms with Gasteiger partial charge in [-0.1, -0.05) is 34.1 Å². The van der Waals surface area contributed by atoms with Crippen LogP contribution in [-0.4, -0.2) is 22.7 Å². The van der Waals surface area contributed by atoms with Crippen molar-refractivity contribution in [3.63, 3.8) is 0 Å². The lowest BCUT2D eigenvalue weighted by Crippen LogP contribution is -2.34. The second-order valence-electron chi connectivity index (χ2n) is 5.45. The number of pyridine rings is 1. The molecule has 1 aromatic carbocycles. The average molecular weight is 393 g/mol. The van der Waals surface area contributed by atoms with Crippen LogP contribution in [0.2, 0.25) is 0 Å². The van der Waals surface area contributed by atoms with Crippen LogP contribution in [0.4, 0.5) is 0 Å². The summed E-state index contributed by atoms with van der Waals surface area (Å²) in [7, 11) is 0. The fourth-order valence-electron chi connectivity index (χ4n) is 2.15. The maximum absolute atomic E-state index is 11.9. The Hall–Kier alpha value is -1.33. The van der Waals surface area contributed by atoms with Gasteiger partial charge in [0.15, 0.2) is 0 Å². The van der Waals surface area contributed by atoms with E-state index in [4.69, 9.17) is 0 Å². The highest BCUT2D eigenvalue weighted by molar-refractivity contribution is 9.10. The van der Waals surface area contributed by atoms with Crippen molar-refractivity contribution in [3.05, 3.63) is 64.4 Å². The number of hydrogen-bond acceptors (Lipinski definition) is 3. The van der Waals surface area contributed by atoms with Gasteiger partial charge in [-0.2, -0.15) is 0 Å². The minimum atomic E-state index is 0.0919. The zero-order valence-corrected chi connectivity index (χ0v) is 15.6. The minimum absolute atomic E-state index is 0.0919. The Balaban J connectivity index is 1.63. The first-order chi connectivity index (χ1) is 11.1. The Morgan fingerprint density at radius 2 is 2.04 bits per heavy atom. The summed E-state index contributed by atoms with van der Waals surface area (Å²) in [6.45, 7) is 2.06. The highest BCUT2D eigenvalue weighted by Gasteiger charge is 2.08. The van der Waals surface area contributed by atoms with E-state index in [9.17, 15) is 4.79 Å². The van der Waals surface area contributed by atoms with Crippen molar-refractivity contribution >= 4 is 33.6 Å². The molecule has 2 aromatic rings. The number of thioether (sulfide) groups is 1. The zero-order chi connectivity index (χ0) is 16.5. The molecule has 0 aliphatic carbocycles. The van der Waals surface area contributed by atoms with Crippen molar-refractivity contribution in [2.45, 2.75) is 31.6 Å². The standard InChI is InChI=1S/C18H21BrN2OS/c1-14(5-6-15-7-9-16(19)10-8-15)21-18(22)13-23-12-17-4-2-3-11-20-17/h2-4,7-11,14H,5-6,12-13H2,1H3,(H,21,22). The number of aryl methyl sites for hydroxylation is 1. The van der Waals surface area contributed by atoms with Crippen LogP contribution >= 0.6 is 27.7 Å². The first-order valence-electron chi connectivity index (χ1n) is 7.65. The quantitative estimate of drug-likeness (QED) is 0.731. The van der Waals surface area contributed by atoms with Gasteiger partial charge in [0, 0.05) is 22.5 Å². The number of carbonyl (C=O) groups excluding carboxylic acids is 1. The third-order valence-corrected chi connectivity index (χ3v) is 4.89. The lowest BCUT2D eigenvalue weighted by Gasteiger charge is -2.13. The maximum atomic E-state index is 11.9. The molecule has 0 saturated heterocycles. The van der Waals surface area contributed by atoms with Gasteiger partial charge in [0.2, 0.25) is 5.91 Å². The third-order valence-electron chi connectivity index (χ3n) is 3.40. The van der Waals surface area contributed by atoms with E-state index in [0.717, 1.165) is 28.8 Å². The molecule has 122 valence electrons. The number of hydrogen-bond donors (Lipinski definition) is 1. The van der Waals surface area contributed by atoms with Crippen LogP contribution in [-0.2, 0) is 17.0 Å². The molecule has 1 aromatic heterocycles. The molecule has 0 saturated carbocycles. The molecule has 0 fully saturated rings. The third kappa shape index (κ3) is 7.18. The van der Waals surface area contributed by atoms with Crippen LogP contribution in [0.5, 0.6) is 0 Å². The highest BCUT2D eigenvalue weighted by Crippen LogP contribution is 2.13. The molecule has 2 rings (SSSR count). The fourth-order valence-corrected chi connectivity index (χ4v) is 3.17. The normalized spacial score (nSPS) is 11.9. The monoisotopic (exact) mass is 392 g/mol. The van der Waals surface area contributed by atoms with Gasteiger partial charge >= 0.3 is 0 Å². The van der Waals surface area contributed by atoms with Crippen molar-refractivity contribution in [1.29, 1.82) is 0 Å². The summed E-state index contributed by atoms with van der Waals surface area (Å²) in [5.74, 6) is 1.33. The van der Waals surface area contributed by atoms with Crippen molar-refractivity contribution in [2.24, 2.45) is 0 Å². The molecule has 1 heterocycles. The maximum Gasteiger partial charge on any atom is 0.230 e. The number of nitrogens with one attached hydrogen (secondary N) is 1. The number of carbonyl (C=O) groups is 1. The van der Waals surface area contributed by atoms with E-state index in [2.05, 4.69) is 45.3 Å². The number of aromatic nitrogens is 1. The average Bonchev–Trinajstić information content (AvgIpc) is 2.55. The molecule has 0 aliphatic rings. The van der Waals surface area contributed by atoms with Gasteiger partial charge in [-0.15, -0.1) is 11.8 Å². The smallest absolute Gasteiger partial charge is 0.230 e. The minimum Gasteiger partial charge on any atom is -0.353 e. The zero-order valence-electron chi connectivity index (χ0n) is 13.2. The van der Waals surface area contributed by atoms with Crippen molar-refractivity contribution in [2.75, 3.05) is 5.75 Å². The van der Waals surface area contributed by atoms with Gasteiger partial charge in [0.1, 0.15) is 0 Å². The molecule has 1 unspecified atom stereocenters. The molecule has 23 heavy (non-hydrogen) atoms. The first-order valence-corrected chi connectivity index (χ1v) is 9.59. The van der Waals surface area contributed by atoms with E-state index in [-0.39, 0.29) is 11.9 Å². The Labute approximate surface area is 150 Å². The SMILES string of the molecule is CC(CCc1ccc(Br)cc1)NC(=O)CSCc1ccccn1. The van der Waals surface area contributed by atoms with Gasteiger partial charge in [-0.25, -0.2) is 0 Å². The summed E-state index contributed by atoms with van der Waals surface area (Å²) in [6.07, 6.45) is 3.69. The van der Waals surface area contributed by atoms with Crippen LogP contribution in [0.25, 0.3) is 0 Å². The van der Waals surface area contributed by atoms with Gasteiger partial charge < -0.3 is 5.32 Å². The summed E-state index contributed by atoms with van der Waals surface area (Å²) in [6, 6.07) is 14.3. The van der Waals surface area contributed by atoms with Gasteiger partial charge in [-0.05, 0) is 49.6 Å². The predicted molar refractivity (Wildman–Crippen MR) is 100 cm³/mol. The van der Waals surface area contributed by atoms with Gasteiger partial charge in [0.25, 0.3) is 0 Å². The molecule has 1 amide bonds. The molecule has 1 atom stereocenters. The number of halogens is 1. The lowest BCUT2D eigenvalue weighted by molar-refractivity contribution is -0.119. The van der Waals surface area contributed by atoms with E-state index in [1.807, 2.05) is 30.3 Å². The molecule has 1 N–H and O–H groups in total. The molecule has 0 bridgehead atoms. The number of amides is 1. The molecule has 0 spiro atoms. The molecule has 5 heteroatoms. The topological polar surface area (TPSA) is 42.0 Å². The van der Waals surface area contributed by atoms with E-state index in [1.54, 1.807) is 18.0 Å². The molecular weight excluding hydrogens is 372 g/mol. The van der Waals surface area contributed by atoms with E-state index >= 15 is 0 Å². The molecule has 0 aliphatic heterocycles. The lowest BCUT2D eigenvalue weighted by atomic mass is 10.1. The second kappa shape index (κ2) is 9.73. The number of nitrogens with zero attached hydrogens (tertiary/aromatic N) is 1. The molecular formula is C18H21BrN2OS. The van der Waals surface area contributed by atoms with Crippen molar-refractivity contribution < 1.29 is 4.79 Å². The molecule has 3 nitrogen and oxygen atoms in total. The summed E-state index contributed by atoms with van der Waals surface area (Å²) in [4.78, 5) is 16.2. The Kier molecular flexibility index (Phi) is 7.62. The van der Waals surface area contributed by atoms with Crippen molar-refractivity contribution in [1.82, 2.24) is 10.3 Å². The predicted octanol–water partition coefficient (Wildman–Crippen LogP) is 4.21. The summed E-state index contributed by atoms with van der Waals surface area (Å²) >= 11 is 5.03. The van der Waals surface area contributed by atoms with E-state index < -0.39 is 0 Å². The van der Waals surface area contributed by atoms with E-state index in [0.29, 0.717) is 5.75 Å². The Morgan fingerprint density at radius 3 is 2.74 bits per heavy atom. The Bertz CT molecular complexity index is 604. The van der Waals surface area contributed by atoms with Gasteiger partial charge in [-0.3, -0.25) is 9.78 Å². The number of rotatable bonds is 8. The van der Waals surface area contributed by atoms with E-state index in [1.165, 1.54) is 5.56 Å². The summed E-state index contributed by atoms with van der Waals surface area (Å²) < 4.78 is 1.09. The number of benzene rings is 1.